The van der Waals surface area contributed by atoms with Gasteiger partial charge in [-0.1, -0.05) is 48.0 Å². The average molecular weight is 381 g/mol. The van der Waals surface area contributed by atoms with Gasteiger partial charge in [0, 0.05) is 29.6 Å². The molecule has 6 heteroatoms. The van der Waals surface area contributed by atoms with Gasteiger partial charge in [0.2, 0.25) is 5.95 Å². The van der Waals surface area contributed by atoms with Gasteiger partial charge in [-0.15, -0.1) is 0 Å². The molecule has 138 valence electrons. The Kier molecular flexibility index (Phi) is 6.39. The number of anilines is 2. The van der Waals surface area contributed by atoms with E-state index in [-0.39, 0.29) is 5.91 Å². The first-order valence-electron chi connectivity index (χ1n) is 8.79. The van der Waals surface area contributed by atoms with Crippen molar-refractivity contribution in [2.45, 2.75) is 19.8 Å². The fourth-order valence-corrected chi connectivity index (χ4v) is 2.77. The molecule has 1 amide bonds. The highest BCUT2D eigenvalue weighted by Gasteiger charge is 2.09. The molecule has 0 saturated heterocycles. The zero-order valence-corrected chi connectivity index (χ0v) is 15.8. The Hall–Kier alpha value is -2.92. The van der Waals surface area contributed by atoms with E-state index in [1.165, 1.54) is 18.0 Å². The van der Waals surface area contributed by atoms with Crippen molar-refractivity contribution in [1.29, 1.82) is 0 Å². The maximum atomic E-state index is 12.4. The number of carbonyl (C=O) groups excluding carboxylic acids is 1. The maximum Gasteiger partial charge on any atom is 0.258 e. The van der Waals surface area contributed by atoms with Crippen molar-refractivity contribution in [2.24, 2.45) is 0 Å². The van der Waals surface area contributed by atoms with Crippen LogP contribution in [0, 0.1) is 6.92 Å². The second-order valence-electron chi connectivity index (χ2n) is 6.22. The monoisotopic (exact) mass is 380 g/mol. The molecule has 0 saturated carbocycles. The minimum absolute atomic E-state index is 0.268. The standard InChI is InChI=1S/C21H21ClN4O/c1-15-9-10-18(22)12-19(15)26-20(27)17-13-24-21(25-14-17)23-11-5-8-16-6-3-2-4-7-16/h2-4,6-7,9-10,12-14H,5,8,11H2,1H3,(H,26,27)(H,23,24,25). The molecule has 0 fully saturated rings. The van der Waals surface area contributed by atoms with Crippen LogP contribution in [0.2, 0.25) is 5.02 Å². The van der Waals surface area contributed by atoms with Crippen molar-refractivity contribution in [1.82, 2.24) is 9.97 Å². The summed E-state index contributed by atoms with van der Waals surface area (Å²) in [6.07, 6.45) is 5.00. The molecule has 0 aliphatic rings. The number of rotatable bonds is 7. The predicted octanol–water partition coefficient (Wildman–Crippen LogP) is 4.74. The Bertz CT molecular complexity index is 898. The first-order valence-corrected chi connectivity index (χ1v) is 9.17. The summed E-state index contributed by atoms with van der Waals surface area (Å²) < 4.78 is 0. The number of carbonyl (C=O) groups is 1. The fraction of sp³-hybridized carbons (Fsp3) is 0.190. The van der Waals surface area contributed by atoms with E-state index in [0.717, 1.165) is 24.9 Å². The van der Waals surface area contributed by atoms with E-state index < -0.39 is 0 Å². The average Bonchev–Trinajstić information content (AvgIpc) is 2.69. The Labute approximate surface area is 163 Å². The third kappa shape index (κ3) is 5.53. The number of halogens is 1. The molecular formula is C21H21ClN4O. The number of benzene rings is 2. The van der Waals surface area contributed by atoms with Gasteiger partial charge < -0.3 is 10.6 Å². The van der Waals surface area contributed by atoms with Crippen LogP contribution in [-0.4, -0.2) is 22.4 Å². The SMILES string of the molecule is Cc1ccc(Cl)cc1NC(=O)c1cnc(NCCCc2ccccc2)nc1. The van der Waals surface area contributed by atoms with Gasteiger partial charge in [0.1, 0.15) is 0 Å². The predicted molar refractivity (Wildman–Crippen MR) is 109 cm³/mol. The summed E-state index contributed by atoms with van der Waals surface area (Å²) in [5.74, 6) is 0.245. The molecule has 0 atom stereocenters. The minimum atomic E-state index is -0.268. The van der Waals surface area contributed by atoms with Crippen LogP contribution in [0.1, 0.15) is 27.9 Å². The van der Waals surface area contributed by atoms with E-state index in [4.69, 9.17) is 11.6 Å². The van der Waals surface area contributed by atoms with Gasteiger partial charge in [0.25, 0.3) is 5.91 Å². The number of nitrogens with zero attached hydrogens (tertiary/aromatic N) is 2. The Morgan fingerprint density at radius 3 is 2.56 bits per heavy atom. The Balaban J connectivity index is 1.50. The van der Waals surface area contributed by atoms with E-state index in [1.54, 1.807) is 12.1 Å². The lowest BCUT2D eigenvalue weighted by atomic mass is 10.1. The van der Waals surface area contributed by atoms with Gasteiger partial charge in [0.15, 0.2) is 0 Å². The van der Waals surface area contributed by atoms with Crippen LogP contribution < -0.4 is 10.6 Å². The minimum Gasteiger partial charge on any atom is -0.354 e. The largest absolute Gasteiger partial charge is 0.354 e. The van der Waals surface area contributed by atoms with Gasteiger partial charge >= 0.3 is 0 Å². The third-order valence-corrected chi connectivity index (χ3v) is 4.37. The van der Waals surface area contributed by atoms with Crippen LogP contribution in [0.15, 0.2) is 60.9 Å². The Morgan fingerprint density at radius 2 is 1.81 bits per heavy atom. The maximum absolute atomic E-state index is 12.4. The topological polar surface area (TPSA) is 66.9 Å². The number of aryl methyl sites for hydroxylation is 2. The lowest BCUT2D eigenvalue weighted by molar-refractivity contribution is 0.102. The molecule has 2 aromatic carbocycles. The lowest BCUT2D eigenvalue weighted by Crippen LogP contribution is -2.14. The van der Waals surface area contributed by atoms with Gasteiger partial charge in [-0.05, 0) is 43.0 Å². The van der Waals surface area contributed by atoms with Crippen LogP contribution in [0.4, 0.5) is 11.6 Å². The molecule has 0 aliphatic carbocycles. The highest BCUT2D eigenvalue weighted by Crippen LogP contribution is 2.20. The molecular weight excluding hydrogens is 360 g/mol. The second-order valence-corrected chi connectivity index (χ2v) is 6.66. The summed E-state index contributed by atoms with van der Waals surface area (Å²) in [4.78, 5) is 20.8. The first kappa shape index (κ1) is 18.9. The summed E-state index contributed by atoms with van der Waals surface area (Å²) in [5, 5.41) is 6.58. The molecule has 5 nitrogen and oxygen atoms in total. The van der Waals surface area contributed by atoms with Crippen LogP contribution in [-0.2, 0) is 6.42 Å². The van der Waals surface area contributed by atoms with Gasteiger partial charge in [0.05, 0.1) is 5.56 Å². The molecule has 0 spiro atoms. The molecule has 3 aromatic rings. The molecule has 3 rings (SSSR count). The number of amides is 1. The van der Waals surface area contributed by atoms with E-state index in [2.05, 4.69) is 32.7 Å². The highest BCUT2D eigenvalue weighted by molar-refractivity contribution is 6.31. The summed E-state index contributed by atoms with van der Waals surface area (Å²) in [7, 11) is 0. The zero-order valence-electron chi connectivity index (χ0n) is 15.1. The zero-order chi connectivity index (χ0) is 19.1. The summed E-state index contributed by atoms with van der Waals surface area (Å²) in [6, 6.07) is 15.7. The first-order chi connectivity index (χ1) is 13.1. The smallest absolute Gasteiger partial charge is 0.258 e. The number of nitrogens with one attached hydrogen (secondary N) is 2. The van der Waals surface area contributed by atoms with Crippen molar-refractivity contribution in [3.05, 3.63) is 82.6 Å². The lowest BCUT2D eigenvalue weighted by Gasteiger charge is -2.09. The summed E-state index contributed by atoms with van der Waals surface area (Å²) in [5.41, 5.74) is 3.31. The molecule has 0 aliphatic heterocycles. The fourth-order valence-electron chi connectivity index (χ4n) is 2.60. The molecule has 27 heavy (non-hydrogen) atoms. The highest BCUT2D eigenvalue weighted by atomic mass is 35.5. The molecule has 0 radical (unpaired) electrons. The van der Waals surface area contributed by atoms with Crippen molar-refractivity contribution < 1.29 is 4.79 Å². The van der Waals surface area contributed by atoms with Crippen molar-refractivity contribution >= 4 is 29.1 Å². The normalized spacial score (nSPS) is 10.4. The van der Waals surface area contributed by atoms with Crippen molar-refractivity contribution in [3.8, 4) is 0 Å². The molecule has 2 N–H and O–H groups in total. The molecule has 0 bridgehead atoms. The van der Waals surface area contributed by atoms with Gasteiger partial charge in [-0.3, -0.25) is 4.79 Å². The molecule has 1 heterocycles. The number of hydrogen-bond acceptors (Lipinski definition) is 4. The van der Waals surface area contributed by atoms with Gasteiger partial charge in [-0.25, -0.2) is 9.97 Å². The van der Waals surface area contributed by atoms with E-state index in [0.29, 0.717) is 22.2 Å². The number of aromatic nitrogens is 2. The van der Waals surface area contributed by atoms with Crippen molar-refractivity contribution in [2.75, 3.05) is 17.2 Å². The molecule has 1 aromatic heterocycles. The number of hydrogen-bond donors (Lipinski definition) is 2. The quantitative estimate of drug-likeness (QED) is 0.581. The second kappa shape index (κ2) is 9.14. The molecule has 0 unspecified atom stereocenters. The van der Waals surface area contributed by atoms with Crippen LogP contribution >= 0.6 is 11.6 Å². The van der Waals surface area contributed by atoms with Gasteiger partial charge in [-0.2, -0.15) is 0 Å². The van der Waals surface area contributed by atoms with Crippen LogP contribution in [0.5, 0.6) is 0 Å². The van der Waals surface area contributed by atoms with Crippen LogP contribution in [0.25, 0.3) is 0 Å². The van der Waals surface area contributed by atoms with Crippen molar-refractivity contribution in [3.63, 3.8) is 0 Å². The van der Waals surface area contributed by atoms with E-state index in [1.807, 2.05) is 31.2 Å². The summed E-state index contributed by atoms with van der Waals surface area (Å²) >= 11 is 5.98. The summed E-state index contributed by atoms with van der Waals surface area (Å²) in [6.45, 7) is 2.67. The van der Waals surface area contributed by atoms with E-state index in [9.17, 15) is 4.79 Å². The third-order valence-electron chi connectivity index (χ3n) is 4.13. The van der Waals surface area contributed by atoms with E-state index >= 15 is 0 Å². The Morgan fingerprint density at radius 1 is 1.07 bits per heavy atom. The van der Waals surface area contributed by atoms with Crippen LogP contribution in [0.3, 0.4) is 0 Å².